The molecule has 0 aliphatic carbocycles. The average molecular weight is 491 g/mol. The summed E-state index contributed by atoms with van der Waals surface area (Å²) in [6.07, 6.45) is -2.81. The van der Waals surface area contributed by atoms with Gasteiger partial charge in [0.2, 0.25) is 5.91 Å². The third kappa shape index (κ3) is 5.22. The average Bonchev–Trinajstić information content (AvgIpc) is 3.41. The standard InChI is InChI=1S/C22H17F4N5O2S/c23-14-4-6-15(7-5-14)31-18(19(27)32)10-17(30-31)20(33)29-21-28-11-16(34-21)9-12-2-1-3-13(8-12)22(24,25)26/h1-8,11,18H,9-10H2,(H2,27,32)(H,28,29,33). The van der Waals surface area contributed by atoms with Crippen LogP contribution in [0, 0.1) is 5.82 Å². The van der Waals surface area contributed by atoms with Crippen LogP contribution in [0.3, 0.4) is 0 Å². The molecule has 176 valence electrons. The van der Waals surface area contributed by atoms with E-state index in [1.54, 1.807) is 6.07 Å². The number of halogens is 4. The topological polar surface area (TPSA) is 101 Å². The van der Waals surface area contributed by atoms with E-state index in [2.05, 4.69) is 15.4 Å². The van der Waals surface area contributed by atoms with Crippen LogP contribution in [0.2, 0.25) is 0 Å². The van der Waals surface area contributed by atoms with Crippen LogP contribution in [0.4, 0.5) is 28.4 Å². The van der Waals surface area contributed by atoms with E-state index in [1.165, 1.54) is 41.5 Å². The summed E-state index contributed by atoms with van der Waals surface area (Å²) in [6, 6.07) is 9.28. The van der Waals surface area contributed by atoms with E-state index in [4.69, 9.17) is 5.73 Å². The Balaban J connectivity index is 1.46. The fourth-order valence-electron chi connectivity index (χ4n) is 3.38. The van der Waals surface area contributed by atoms with Crippen LogP contribution in [0.15, 0.2) is 59.8 Å². The Kier molecular flexibility index (Phi) is 6.33. The fourth-order valence-corrected chi connectivity index (χ4v) is 4.22. The van der Waals surface area contributed by atoms with E-state index in [9.17, 15) is 27.2 Å². The third-order valence-corrected chi connectivity index (χ3v) is 5.91. The number of alkyl halides is 3. The van der Waals surface area contributed by atoms with Gasteiger partial charge in [-0.2, -0.15) is 18.3 Å². The Morgan fingerprint density at radius 1 is 1.18 bits per heavy atom. The molecule has 1 aromatic heterocycles. The van der Waals surface area contributed by atoms with Gasteiger partial charge in [-0.05, 0) is 35.9 Å². The molecule has 3 aromatic rings. The zero-order valence-corrected chi connectivity index (χ0v) is 18.2. The summed E-state index contributed by atoms with van der Waals surface area (Å²) >= 11 is 1.11. The number of carbonyl (C=O) groups excluding carboxylic acids is 2. The number of primary amides is 1. The van der Waals surface area contributed by atoms with Crippen molar-refractivity contribution in [1.82, 2.24) is 4.98 Å². The van der Waals surface area contributed by atoms with E-state index in [0.29, 0.717) is 16.1 Å². The van der Waals surface area contributed by atoms with Gasteiger partial charge in [0.05, 0.1) is 11.3 Å². The molecule has 1 aliphatic rings. The van der Waals surface area contributed by atoms with Gasteiger partial charge in [-0.25, -0.2) is 9.37 Å². The van der Waals surface area contributed by atoms with Crippen LogP contribution in [0.5, 0.6) is 0 Å². The molecule has 3 N–H and O–H groups in total. The molecule has 0 saturated carbocycles. The highest BCUT2D eigenvalue weighted by Crippen LogP contribution is 2.31. The summed E-state index contributed by atoms with van der Waals surface area (Å²) in [5.41, 5.74) is 5.58. The number of carbonyl (C=O) groups is 2. The number of anilines is 2. The Hall–Kier alpha value is -3.80. The molecule has 0 saturated heterocycles. The zero-order valence-electron chi connectivity index (χ0n) is 17.3. The lowest BCUT2D eigenvalue weighted by Crippen LogP contribution is -2.39. The molecule has 1 unspecified atom stereocenters. The first kappa shape index (κ1) is 23.4. The molecule has 34 heavy (non-hydrogen) atoms. The largest absolute Gasteiger partial charge is 0.416 e. The summed E-state index contributed by atoms with van der Waals surface area (Å²) in [5.74, 6) is -1.77. The monoisotopic (exact) mass is 491 g/mol. The minimum absolute atomic E-state index is 0.0303. The minimum atomic E-state index is -4.44. The maximum absolute atomic E-state index is 13.2. The lowest BCUT2D eigenvalue weighted by atomic mass is 10.1. The Bertz CT molecular complexity index is 1260. The number of amides is 2. The molecule has 0 fully saturated rings. The highest BCUT2D eigenvalue weighted by atomic mass is 32.1. The SMILES string of the molecule is NC(=O)C1CC(C(=O)Nc2ncc(Cc3cccc(C(F)(F)F)c3)s2)=NN1c1ccc(F)cc1. The predicted molar refractivity (Wildman–Crippen MR) is 119 cm³/mol. The number of nitrogens with two attached hydrogens (primary N) is 1. The number of hydrogen-bond acceptors (Lipinski definition) is 6. The molecule has 12 heteroatoms. The smallest absolute Gasteiger partial charge is 0.368 e. The first-order valence-corrected chi connectivity index (χ1v) is 10.8. The van der Waals surface area contributed by atoms with Crippen LogP contribution < -0.4 is 16.1 Å². The molecule has 1 aliphatic heterocycles. The summed E-state index contributed by atoms with van der Waals surface area (Å²) < 4.78 is 52.0. The zero-order chi connectivity index (χ0) is 24.5. The Morgan fingerprint density at radius 3 is 2.59 bits per heavy atom. The molecule has 1 atom stereocenters. The van der Waals surface area contributed by atoms with Gasteiger partial charge >= 0.3 is 6.18 Å². The third-order valence-electron chi connectivity index (χ3n) is 5.00. The molecular weight excluding hydrogens is 474 g/mol. The van der Waals surface area contributed by atoms with Crippen LogP contribution in [0.25, 0.3) is 0 Å². The maximum atomic E-state index is 13.2. The second-order valence-corrected chi connectivity index (χ2v) is 8.57. The van der Waals surface area contributed by atoms with Gasteiger partial charge in [0.25, 0.3) is 5.91 Å². The van der Waals surface area contributed by atoms with Crippen molar-refractivity contribution >= 4 is 39.7 Å². The van der Waals surface area contributed by atoms with E-state index in [1.807, 2.05) is 0 Å². The quantitative estimate of drug-likeness (QED) is 0.510. The van der Waals surface area contributed by atoms with Crippen molar-refractivity contribution in [3.05, 3.63) is 76.5 Å². The lowest BCUT2D eigenvalue weighted by molar-refractivity contribution is -0.137. The van der Waals surface area contributed by atoms with Gasteiger partial charge in [-0.1, -0.05) is 18.2 Å². The van der Waals surface area contributed by atoms with Gasteiger partial charge in [0.15, 0.2) is 5.13 Å². The second-order valence-electron chi connectivity index (χ2n) is 7.45. The van der Waals surface area contributed by atoms with Crippen molar-refractivity contribution in [3.8, 4) is 0 Å². The summed E-state index contributed by atoms with van der Waals surface area (Å²) in [7, 11) is 0. The number of thiazole rings is 1. The number of benzene rings is 2. The number of nitrogens with zero attached hydrogens (tertiary/aromatic N) is 3. The molecule has 2 aromatic carbocycles. The molecular formula is C22H17F4N5O2S. The molecule has 4 rings (SSSR count). The van der Waals surface area contributed by atoms with Crippen LogP contribution >= 0.6 is 11.3 Å². The van der Waals surface area contributed by atoms with E-state index < -0.39 is 35.4 Å². The van der Waals surface area contributed by atoms with Gasteiger partial charge in [0, 0.05) is 23.9 Å². The summed E-state index contributed by atoms with van der Waals surface area (Å²) in [6.45, 7) is 0. The van der Waals surface area contributed by atoms with Crippen molar-refractivity contribution in [2.45, 2.75) is 25.1 Å². The maximum Gasteiger partial charge on any atom is 0.416 e. The van der Waals surface area contributed by atoms with Gasteiger partial charge in [-0.15, -0.1) is 11.3 Å². The lowest BCUT2D eigenvalue weighted by Gasteiger charge is -2.20. The fraction of sp³-hybridized carbons (Fsp3) is 0.182. The first-order chi connectivity index (χ1) is 16.1. The van der Waals surface area contributed by atoms with Gasteiger partial charge in [-0.3, -0.25) is 19.9 Å². The van der Waals surface area contributed by atoms with Crippen LogP contribution in [0.1, 0.15) is 22.4 Å². The number of aromatic nitrogens is 1. The van der Waals surface area contributed by atoms with Gasteiger partial charge < -0.3 is 5.73 Å². The van der Waals surface area contributed by atoms with Crippen LogP contribution in [-0.2, 0) is 22.2 Å². The van der Waals surface area contributed by atoms with Crippen molar-refractivity contribution in [2.75, 3.05) is 10.3 Å². The second kappa shape index (κ2) is 9.21. The Labute approximate surface area is 194 Å². The normalized spacial score (nSPS) is 15.8. The Morgan fingerprint density at radius 2 is 1.91 bits per heavy atom. The number of hydrogen-bond donors (Lipinski definition) is 2. The van der Waals surface area contributed by atoms with Crippen molar-refractivity contribution in [3.63, 3.8) is 0 Å². The van der Waals surface area contributed by atoms with E-state index in [0.717, 1.165) is 23.5 Å². The predicted octanol–water partition coefficient (Wildman–Crippen LogP) is 3.95. The van der Waals surface area contributed by atoms with Crippen molar-refractivity contribution < 1.29 is 27.2 Å². The van der Waals surface area contributed by atoms with Crippen LogP contribution in [-0.4, -0.2) is 28.6 Å². The highest BCUT2D eigenvalue weighted by Gasteiger charge is 2.35. The molecule has 2 heterocycles. The number of nitrogens with one attached hydrogen (secondary N) is 1. The van der Waals surface area contributed by atoms with Gasteiger partial charge in [0.1, 0.15) is 17.6 Å². The molecule has 0 radical (unpaired) electrons. The molecule has 0 spiro atoms. The number of hydrazone groups is 1. The van der Waals surface area contributed by atoms with Crippen molar-refractivity contribution in [2.24, 2.45) is 10.8 Å². The summed E-state index contributed by atoms with van der Waals surface area (Å²) in [5, 5.41) is 8.25. The minimum Gasteiger partial charge on any atom is -0.368 e. The highest BCUT2D eigenvalue weighted by molar-refractivity contribution is 7.15. The van der Waals surface area contributed by atoms with E-state index in [-0.39, 0.29) is 23.7 Å². The number of rotatable bonds is 6. The molecule has 7 nitrogen and oxygen atoms in total. The molecule has 2 amide bonds. The first-order valence-electron chi connectivity index (χ1n) is 9.94. The molecule has 0 bridgehead atoms. The van der Waals surface area contributed by atoms with E-state index >= 15 is 0 Å². The van der Waals surface area contributed by atoms with Crippen molar-refractivity contribution in [1.29, 1.82) is 0 Å². The summed E-state index contributed by atoms with van der Waals surface area (Å²) in [4.78, 5) is 29.3.